The fourth-order valence-corrected chi connectivity index (χ4v) is 4.10. The largest absolute Gasteiger partial charge is 0.452 e. The zero-order valence-corrected chi connectivity index (χ0v) is 18.2. The Kier molecular flexibility index (Phi) is 6.08. The highest BCUT2D eigenvalue weighted by atomic mass is 19.1. The molecule has 1 aliphatic heterocycles. The van der Waals surface area contributed by atoms with E-state index in [2.05, 4.69) is 14.8 Å². The second kappa shape index (κ2) is 9.12. The van der Waals surface area contributed by atoms with Crippen LogP contribution in [0.3, 0.4) is 0 Å². The van der Waals surface area contributed by atoms with Crippen molar-refractivity contribution < 1.29 is 18.7 Å². The average molecular weight is 446 g/mol. The summed E-state index contributed by atoms with van der Waals surface area (Å²) in [5, 5.41) is 0. The normalized spacial score (nSPS) is 15.7. The van der Waals surface area contributed by atoms with Gasteiger partial charge in [-0.05, 0) is 54.1 Å². The number of nitrogens with zero attached hydrogens (tertiary/aromatic N) is 3. The summed E-state index contributed by atoms with van der Waals surface area (Å²) >= 11 is 0. The van der Waals surface area contributed by atoms with Crippen molar-refractivity contribution in [2.24, 2.45) is 5.73 Å². The maximum atomic E-state index is 13.6. The number of ether oxygens (including phenoxy) is 1. The lowest BCUT2D eigenvalue weighted by molar-refractivity contribution is -0.121. The number of benzene rings is 2. The second-order valence-electron chi connectivity index (χ2n) is 7.70. The highest BCUT2D eigenvalue weighted by Crippen LogP contribution is 2.45. The molecule has 0 bridgehead atoms. The van der Waals surface area contributed by atoms with Crippen LogP contribution in [-0.4, -0.2) is 47.4 Å². The Morgan fingerprint density at radius 3 is 2.00 bits per heavy atom. The summed E-state index contributed by atoms with van der Waals surface area (Å²) in [4.78, 5) is 31.3. The molecule has 0 saturated heterocycles. The van der Waals surface area contributed by atoms with Crippen molar-refractivity contribution >= 4 is 23.3 Å². The molecule has 1 aromatic heterocycles. The molecule has 7 nitrogen and oxygen atoms in total. The summed E-state index contributed by atoms with van der Waals surface area (Å²) < 4.78 is 18.5. The number of pyridine rings is 1. The van der Waals surface area contributed by atoms with Crippen molar-refractivity contribution in [2.45, 2.75) is 6.17 Å². The molecule has 1 atom stereocenters. The van der Waals surface area contributed by atoms with Crippen molar-refractivity contribution in [2.75, 3.05) is 20.7 Å². The minimum Gasteiger partial charge on any atom is -0.452 e. The van der Waals surface area contributed by atoms with E-state index < -0.39 is 18.5 Å². The van der Waals surface area contributed by atoms with Gasteiger partial charge < -0.3 is 20.3 Å². The molecule has 3 aromatic rings. The summed E-state index contributed by atoms with van der Waals surface area (Å²) in [7, 11) is 3.96. The monoisotopic (exact) mass is 446 g/mol. The van der Waals surface area contributed by atoms with Crippen LogP contribution >= 0.6 is 0 Å². The van der Waals surface area contributed by atoms with Crippen LogP contribution in [0.15, 0.2) is 73.1 Å². The van der Waals surface area contributed by atoms with Crippen LogP contribution in [0, 0.1) is 5.82 Å². The van der Waals surface area contributed by atoms with Gasteiger partial charge in [0.15, 0.2) is 6.61 Å². The standard InChI is InChI=1S/C25H23FN4O3/c1-29-22(16-7-9-20(26)10-8-16)23(17-11-13-28-14-12-17)30(2)24(29)18-3-5-19(6-4-18)25(32)33-15-21(27)31/h3-14,24H,15H2,1-2H3,(H2,27,31). The fourth-order valence-electron chi connectivity index (χ4n) is 4.10. The summed E-state index contributed by atoms with van der Waals surface area (Å²) in [5.41, 5.74) is 10.1. The van der Waals surface area contributed by atoms with E-state index in [4.69, 9.17) is 10.5 Å². The highest BCUT2D eigenvalue weighted by Gasteiger charge is 2.36. The highest BCUT2D eigenvalue weighted by molar-refractivity contribution is 5.92. The van der Waals surface area contributed by atoms with Crippen molar-refractivity contribution in [3.8, 4) is 0 Å². The third-order valence-electron chi connectivity index (χ3n) is 5.52. The first-order valence-electron chi connectivity index (χ1n) is 10.3. The van der Waals surface area contributed by atoms with Crippen LogP contribution in [0.1, 0.15) is 33.2 Å². The predicted molar refractivity (Wildman–Crippen MR) is 122 cm³/mol. The lowest BCUT2D eigenvalue weighted by atomic mass is 10.1. The SMILES string of the molecule is CN1C(c2ccncc2)=C(c2ccc(F)cc2)N(C)C1c1ccc(C(=O)OCC(N)=O)cc1. The third-order valence-corrected chi connectivity index (χ3v) is 5.52. The lowest BCUT2D eigenvalue weighted by Crippen LogP contribution is -2.27. The summed E-state index contributed by atoms with van der Waals surface area (Å²) in [6, 6.07) is 17.3. The molecule has 0 fully saturated rings. The molecule has 0 radical (unpaired) electrons. The van der Waals surface area contributed by atoms with Gasteiger partial charge in [0.1, 0.15) is 12.0 Å². The van der Waals surface area contributed by atoms with E-state index in [1.165, 1.54) is 12.1 Å². The Balaban J connectivity index is 1.70. The van der Waals surface area contributed by atoms with Crippen molar-refractivity contribution in [1.82, 2.24) is 14.8 Å². The minimum atomic E-state index is -0.711. The summed E-state index contributed by atoms with van der Waals surface area (Å²) in [5.74, 6) is -1.62. The number of rotatable bonds is 6. The maximum absolute atomic E-state index is 13.6. The number of carbonyl (C=O) groups excluding carboxylic acids is 2. The molecule has 0 saturated carbocycles. The molecule has 168 valence electrons. The van der Waals surface area contributed by atoms with E-state index in [1.807, 2.05) is 38.4 Å². The molecule has 1 aliphatic rings. The summed E-state index contributed by atoms with van der Waals surface area (Å²) in [6.45, 7) is -0.463. The van der Waals surface area contributed by atoms with Gasteiger partial charge in [0, 0.05) is 37.6 Å². The first-order chi connectivity index (χ1) is 15.9. The molecule has 4 rings (SSSR count). The van der Waals surface area contributed by atoms with Crippen LogP contribution in [0.5, 0.6) is 0 Å². The zero-order valence-electron chi connectivity index (χ0n) is 18.2. The van der Waals surface area contributed by atoms with Crippen molar-refractivity contribution in [3.63, 3.8) is 0 Å². The molecule has 1 unspecified atom stereocenters. The van der Waals surface area contributed by atoms with Gasteiger partial charge >= 0.3 is 5.97 Å². The van der Waals surface area contributed by atoms with E-state index in [9.17, 15) is 14.0 Å². The topological polar surface area (TPSA) is 88.8 Å². The van der Waals surface area contributed by atoms with Gasteiger partial charge in [-0.25, -0.2) is 9.18 Å². The molecule has 2 aromatic carbocycles. The Bertz CT molecular complexity index is 1190. The third kappa shape index (κ3) is 4.41. The first-order valence-corrected chi connectivity index (χ1v) is 10.3. The number of esters is 1. The van der Waals surface area contributed by atoms with Gasteiger partial charge in [-0.15, -0.1) is 0 Å². The quantitative estimate of drug-likeness (QED) is 0.585. The van der Waals surface area contributed by atoms with Crippen LogP contribution in [0.25, 0.3) is 11.4 Å². The maximum Gasteiger partial charge on any atom is 0.338 e. The molecular formula is C25H23FN4O3. The molecule has 0 spiro atoms. The molecular weight excluding hydrogens is 423 g/mol. The fraction of sp³-hybridized carbons (Fsp3) is 0.160. The Hall–Kier alpha value is -4.20. The smallest absolute Gasteiger partial charge is 0.338 e. The van der Waals surface area contributed by atoms with Gasteiger partial charge in [-0.2, -0.15) is 0 Å². The number of nitrogens with two attached hydrogens (primary N) is 1. The van der Waals surface area contributed by atoms with Crippen molar-refractivity contribution in [1.29, 1.82) is 0 Å². The van der Waals surface area contributed by atoms with Crippen LogP contribution < -0.4 is 5.73 Å². The number of primary amides is 1. The number of halogens is 1. The molecule has 0 aliphatic carbocycles. The first kappa shape index (κ1) is 22.0. The molecule has 33 heavy (non-hydrogen) atoms. The predicted octanol–water partition coefficient (Wildman–Crippen LogP) is 3.26. The number of amides is 1. The average Bonchev–Trinajstić information content (AvgIpc) is 3.08. The van der Waals surface area contributed by atoms with E-state index >= 15 is 0 Å². The lowest BCUT2D eigenvalue weighted by Gasteiger charge is -2.30. The van der Waals surface area contributed by atoms with Crippen LogP contribution in [0.4, 0.5) is 4.39 Å². The number of aromatic nitrogens is 1. The van der Waals surface area contributed by atoms with E-state index in [0.717, 1.165) is 28.1 Å². The molecule has 8 heteroatoms. The Labute approximate surface area is 190 Å². The molecule has 2 heterocycles. The van der Waals surface area contributed by atoms with E-state index in [1.54, 1.807) is 36.7 Å². The Morgan fingerprint density at radius 2 is 1.45 bits per heavy atom. The molecule has 2 N–H and O–H groups in total. The van der Waals surface area contributed by atoms with Crippen LogP contribution in [-0.2, 0) is 9.53 Å². The zero-order chi connectivity index (χ0) is 23.5. The number of hydrogen-bond acceptors (Lipinski definition) is 6. The number of hydrogen-bond donors (Lipinski definition) is 1. The van der Waals surface area contributed by atoms with Crippen LogP contribution in [0.2, 0.25) is 0 Å². The molecule has 1 amide bonds. The van der Waals surface area contributed by atoms with Gasteiger partial charge in [0.25, 0.3) is 5.91 Å². The van der Waals surface area contributed by atoms with Gasteiger partial charge in [0.05, 0.1) is 17.0 Å². The second-order valence-corrected chi connectivity index (χ2v) is 7.70. The van der Waals surface area contributed by atoms with Gasteiger partial charge in [-0.1, -0.05) is 12.1 Å². The van der Waals surface area contributed by atoms with E-state index in [-0.39, 0.29) is 12.0 Å². The Morgan fingerprint density at radius 1 is 0.909 bits per heavy atom. The minimum absolute atomic E-state index is 0.177. The summed E-state index contributed by atoms with van der Waals surface area (Å²) in [6.07, 6.45) is 3.29. The van der Waals surface area contributed by atoms with Crippen molar-refractivity contribution in [3.05, 3.63) is 101 Å². The number of carbonyl (C=O) groups is 2. The van der Waals surface area contributed by atoms with E-state index in [0.29, 0.717) is 5.56 Å². The van der Waals surface area contributed by atoms with Gasteiger partial charge in [-0.3, -0.25) is 9.78 Å². The van der Waals surface area contributed by atoms with Gasteiger partial charge in [0.2, 0.25) is 0 Å².